The van der Waals surface area contributed by atoms with Crippen LogP contribution in [-0.4, -0.2) is 20.0 Å². The van der Waals surface area contributed by atoms with Crippen molar-refractivity contribution in [3.63, 3.8) is 0 Å². The van der Waals surface area contributed by atoms with Crippen LogP contribution in [0.2, 0.25) is 0 Å². The molecule has 0 saturated carbocycles. The van der Waals surface area contributed by atoms with Crippen molar-refractivity contribution >= 4 is 10.9 Å². The van der Waals surface area contributed by atoms with E-state index in [-0.39, 0.29) is 0 Å². The Morgan fingerprint density at radius 2 is 1.88 bits per heavy atom. The minimum absolute atomic E-state index is 0.584. The van der Waals surface area contributed by atoms with Crippen LogP contribution in [0.1, 0.15) is 12.1 Å². The van der Waals surface area contributed by atoms with E-state index in [0.717, 1.165) is 53.2 Å². The van der Waals surface area contributed by atoms with Crippen molar-refractivity contribution in [3.8, 4) is 22.4 Å². The second-order valence-electron chi connectivity index (χ2n) is 6.30. The average Bonchev–Trinajstić information content (AvgIpc) is 3.31. The average molecular weight is 336 g/mol. The summed E-state index contributed by atoms with van der Waals surface area (Å²) in [5.41, 5.74) is 5.33. The Kier molecular flexibility index (Phi) is 3.00. The lowest BCUT2D eigenvalue weighted by molar-refractivity contribution is 0.509. The molecule has 1 N–H and O–H groups in total. The minimum atomic E-state index is -0.861. The van der Waals surface area contributed by atoms with Crippen molar-refractivity contribution in [3.05, 3.63) is 59.9 Å². The van der Waals surface area contributed by atoms with E-state index < -0.39 is 11.6 Å². The van der Waals surface area contributed by atoms with Crippen LogP contribution in [0.3, 0.4) is 0 Å². The summed E-state index contributed by atoms with van der Waals surface area (Å²) in [4.78, 5) is 0. The summed E-state index contributed by atoms with van der Waals surface area (Å²) in [6, 6.07) is 10.00. The van der Waals surface area contributed by atoms with Gasteiger partial charge in [-0.05, 0) is 42.7 Å². The zero-order chi connectivity index (χ0) is 17.0. The zero-order valence-electron chi connectivity index (χ0n) is 13.3. The number of aromatic amines is 1. The van der Waals surface area contributed by atoms with E-state index in [1.54, 1.807) is 12.3 Å². The standard InChI is InChI=1S/C19H14F2N4/c20-14-6-5-12(8-15(14)21)19-18(17-2-1-7-25(17)24-19)11-3-4-13-10-22-23-16(13)9-11/h3-6,8-10H,1-2,7H2,(H,22,23). The topological polar surface area (TPSA) is 46.5 Å². The van der Waals surface area contributed by atoms with Gasteiger partial charge >= 0.3 is 0 Å². The van der Waals surface area contributed by atoms with E-state index in [2.05, 4.69) is 15.3 Å². The molecule has 0 spiro atoms. The van der Waals surface area contributed by atoms with Gasteiger partial charge in [0.2, 0.25) is 0 Å². The summed E-state index contributed by atoms with van der Waals surface area (Å²) in [5.74, 6) is -1.71. The molecule has 0 atom stereocenters. The smallest absolute Gasteiger partial charge is 0.159 e. The molecule has 2 aromatic heterocycles. The van der Waals surface area contributed by atoms with E-state index in [4.69, 9.17) is 0 Å². The number of fused-ring (bicyclic) bond motifs is 2. The van der Waals surface area contributed by atoms with E-state index in [9.17, 15) is 8.78 Å². The number of hydrogen-bond donors (Lipinski definition) is 1. The maximum Gasteiger partial charge on any atom is 0.159 e. The molecule has 1 aliphatic heterocycles. The van der Waals surface area contributed by atoms with Gasteiger partial charge in [0.1, 0.15) is 5.69 Å². The van der Waals surface area contributed by atoms with Crippen LogP contribution in [0.25, 0.3) is 33.3 Å². The zero-order valence-corrected chi connectivity index (χ0v) is 13.3. The Hall–Kier alpha value is -3.02. The van der Waals surface area contributed by atoms with Crippen LogP contribution in [0, 0.1) is 11.6 Å². The van der Waals surface area contributed by atoms with Crippen LogP contribution in [0.15, 0.2) is 42.6 Å². The van der Waals surface area contributed by atoms with Crippen molar-refractivity contribution in [1.29, 1.82) is 0 Å². The van der Waals surface area contributed by atoms with Crippen LogP contribution in [0.5, 0.6) is 0 Å². The van der Waals surface area contributed by atoms with Crippen molar-refractivity contribution < 1.29 is 8.78 Å². The van der Waals surface area contributed by atoms with E-state index in [1.807, 2.05) is 22.9 Å². The van der Waals surface area contributed by atoms with Gasteiger partial charge in [-0.25, -0.2) is 8.78 Å². The van der Waals surface area contributed by atoms with Crippen LogP contribution >= 0.6 is 0 Å². The molecule has 0 unspecified atom stereocenters. The predicted octanol–water partition coefficient (Wildman–Crippen LogP) is 4.32. The molecule has 25 heavy (non-hydrogen) atoms. The first-order valence-corrected chi connectivity index (χ1v) is 8.19. The van der Waals surface area contributed by atoms with Gasteiger partial charge in [-0.2, -0.15) is 10.2 Å². The molecule has 6 heteroatoms. The van der Waals surface area contributed by atoms with Gasteiger partial charge in [-0.15, -0.1) is 0 Å². The Morgan fingerprint density at radius 1 is 1.00 bits per heavy atom. The van der Waals surface area contributed by atoms with Crippen LogP contribution < -0.4 is 0 Å². The molecular formula is C19H14F2N4. The van der Waals surface area contributed by atoms with Crippen LogP contribution in [-0.2, 0) is 13.0 Å². The molecule has 0 amide bonds. The lowest BCUT2D eigenvalue weighted by Gasteiger charge is -2.06. The quantitative estimate of drug-likeness (QED) is 0.593. The summed E-state index contributed by atoms with van der Waals surface area (Å²) >= 11 is 0. The van der Waals surface area contributed by atoms with Gasteiger partial charge in [0.15, 0.2) is 11.6 Å². The van der Waals surface area contributed by atoms with Gasteiger partial charge in [0.05, 0.1) is 11.7 Å². The van der Waals surface area contributed by atoms with Crippen molar-refractivity contribution in [1.82, 2.24) is 20.0 Å². The molecule has 0 saturated heterocycles. The Labute approximate surface area is 142 Å². The Balaban J connectivity index is 1.76. The summed E-state index contributed by atoms with van der Waals surface area (Å²) in [6.45, 7) is 0.846. The summed E-state index contributed by atoms with van der Waals surface area (Å²) in [6.07, 6.45) is 3.74. The number of aryl methyl sites for hydroxylation is 1. The molecule has 0 bridgehead atoms. The number of nitrogens with zero attached hydrogens (tertiary/aromatic N) is 3. The lowest BCUT2D eigenvalue weighted by Crippen LogP contribution is -1.94. The highest BCUT2D eigenvalue weighted by molar-refractivity contribution is 5.89. The third-order valence-electron chi connectivity index (χ3n) is 4.76. The van der Waals surface area contributed by atoms with E-state index in [1.165, 1.54) is 6.07 Å². The Bertz CT molecular complexity index is 1110. The number of hydrogen-bond acceptors (Lipinski definition) is 2. The Morgan fingerprint density at radius 3 is 2.76 bits per heavy atom. The monoisotopic (exact) mass is 336 g/mol. The fourth-order valence-electron chi connectivity index (χ4n) is 3.57. The first-order chi connectivity index (χ1) is 12.2. The van der Waals surface area contributed by atoms with Crippen LogP contribution in [0.4, 0.5) is 8.78 Å². The minimum Gasteiger partial charge on any atom is -0.278 e. The second-order valence-corrected chi connectivity index (χ2v) is 6.30. The van der Waals surface area contributed by atoms with Crippen molar-refractivity contribution in [2.75, 3.05) is 0 Å². The van der Waals surface area contributed by atoms with Crippen molar-refractivity contribution in [2.45, 2.75) is 19.4 Å². The fourth-order valence-corrected chi connectivity index (χ4v) is 3.57. The van der Waals surface area contributed by atoms with E-state index >= 15 is 0 Å². The van der Waals surface area contributed by atoms with Gasteiger partial charge in [-0.1, -0.05) is 12.1 Å². The third kappa shape index (κ3) is 2.17. The lowest BCUT2D eigenvalue weighted by atomic mass is 9.97. The fraction of sp³-hybridized carbons (Fsp3) is 0.158. The molecule has 3 heterocycles. The molecule has 5 rings (SSSR count). The third-order valence-corrected chi connectivity index (χ3v) is 4.76. The number of H-pyrrole nitrogens is 1. The first kappa shape index (κ1) is 14.3. The summed E-state index contributed by atoms with van der Waals surface area (Å²) in [5, 5.41) is 12.7. The highest BCUT2D eigenvalue weighted by Crippen LogP contribution is 2.38. The SMILES string of the molecule is Fc1ccc(-c2nn3c(c2-c2ccc4cn[nH]c4c2)CCC3)cc1F. The number of rotatable bonds is 2. The van der Waals surface area contributed by atoms with E-state index in [0.29, 0.717) is 11.3 Å². The summed E-state index contributed by atoms with van der Waals surface area (Å²) in [7, 11) is 0. The van der Waals surface area contributed by atoms with Gasteiger partial charge < -0.3 is 0 Å². The molecule has 4 nitrogen and oxygen atoms in total. The normalized spacial score (nSPS) is 13.5. The largest absolute Gasteiger partial charge is 0.278 e. The number of aromatic nitrogens is 4. The van der Waals surface area contributed by atoms with Gasteiger partial charge in [0.25, 0.3) is 0 Å². The molecule has 0 radical (unpaired) electrons. The van der Waals surface area contributed by atoms with Crippen molar-refractivity contribution in [2.24, 2.45) is 0 Å². The molecule has 0 fully saturated rings. The molecule has 1 aliphatic rings. The summed E-state index contributed by atoms with van der Waals surface area (Å²) < 4.78 is 29.0. The predicted molar refractivity (Wildman–Crippen MR) is 91.0 cm³/mol. The van der Waals surface area contributed by atoms with Gasteiger partial charge in [0, 0.05) is 28.8 Å². The number of nitrogens with one attached hydrogen (secondary N) is 1. The number of benzene rings is 2. The molecule has 0 aliphatic carbocycles. The molecule has 124 valence electrons. The molecular weight excluding hydrogens is 322 g/mol. The maximum absolute atomic E-state index is 13.7. The highest BCUT2D eigenvalue weighted by atomic mass is 19.2. The highest BCUT2D eigenvalue weighted by Gasteiger charge is 2.24. The number of halogens is 2. The first-order valence-electron chi connectivity index (χ1n) is 8.19. The second kappa shape index (κ2) is 5.24. The molecule has 4 aromatic rings. The molecule has 2 aromatic carbocycles. The maximum atomic E-state index is 13.7. The van der Waals surface area contributed by atoms with Gasteiger partial charge in [-0.3, -0.25) is 9.78 Å².